The van der Waals surface area contributed by atoms with E-state index in [0.29, 0.717) is 19.6 Å². The fourth-order valence-electron chi connectivity index (χ4n) is 0.716. The van der Waals surface area contributed by atoms with Crippen LogP contribution in [-0.4, -0.2) is 31.1 Å². The number of halogens is 1. The maximum Gasteiger partial charge on any atom is 0.332 e. The van der Waals surface area contributed by atoms with Gasteiger partial charge in [-0.3, -0.25) is 0 Å². The molecule has 0 aliphatic rings. The Morgan fingerprint density at radius 3 is 3.00 bits per heavy atom. The van der Waals surface area contributed by atoms with Gasteiger partial charge in [0.05, 0.1) is 13.2 Å². The van der Waals surface area contributed by atoms with E-state index in [2.05, 4.69) is 32.5 Å². The Bertz CT molecular complexity index is 250. The quantitative estimate of drug-likeness (QED) is 0.321. The van der Waals surface area contributed by atoms with Gasteiger partial charge in [0, 0.05) is 11.8 Å². The Kier molecular flexibility index (Phi) is 10.7. The number of carbonyl (C=O) groups is 1. The van der Waals surface area contributed by atoms with E-state index in [0.717, 1.165) is 5.33 Å². The lowest BCUT2D eigenvalue weighted by atomic mass is 10.4. The minimum atomic E-state index is -0.329. The number of hydrogen-bond donors (Lipinski definition) is 0. The van der Waals surface area contributed by atoms with Crippen molar-refractivity contribution in [3.8, 4) is 11.8 Å². The lowest BCUT2D eigenvalue weighted by molar-refractivity contribution is -0.148. The average Bonchev–Trinajstić information content (AvgIpc) is 2.22. The molecule has 0 heterocycles. The van der Waals surface area contributed by atoms with Gasteiger partial charge in [0.15, 0.2) is 0 Å². The molecule has 0 fully saturated rings. The Morgan fingerprint density at radius 1 is 1.53 bits per heavy atom. The second-order valence-corrected chi connectivity index (χ2v) is 3.13. The van der Waals surface area contributed by atoms with E-state index in [1.54, 1.807) is 13.0 Å². The molecule has 0 rings (SSSR count). The van der Waals surface area contributed by atoms with E-state index in [1.807, 2.05) is 6.08 Å². The van der Waals surface area contributed by atoms with Gasteiger partial charge in [-0.15, -0.1) is 0 Å². The van der Waals surface area contributed by atoms with Crippen molar-refractivity contribution in [3.05, 3.63) is 12.2 Å². The van der Waals surface area contributed by atoms with Crippen molar-refractivity contribution in [1.29, 1.82) is 0 Å². The molecular weight excluding hydrogens is 260 g/mol. The molecule has 3 nitrogen and oxygen atoms in total. The molecule has 0 aromatic carbocycles. The van der Waals surface area contributed by atoms with Crippen molar-refractivity contribution in [2.24, 2.45) is 0 Å². The zero-order valence-electron chi connectivity index (χ0n) is 8.79. The number of allylic oxidation sites excluding steroid dienone is 2. The maximum absolute atomic E-state index is 10.8. The maximum atomic E-state index is 10.8. The highest BCUT2D eigenvalue weighted by molar-refractivity contribution is 9.09. The van der Waals surface area contributed by atoms with Gasteiger partial charge in [-0.25, -0.2) is 4.79 Å². The summed E-state index contributed by atoms with van der Waals surface area (Å²) in [5.41, 5.74) is 0. The van der Waals surface area contributed by atoms with Crippen LogP contribution in [0.4, 0.5) is 0 Å². The Hall–Kier alpha value is -0.790. The summed E-state index contributed by atoms with van der Waals surface area (Å²) >= 11 is 3.24. The third-order valence-corrected chi connectivity index (χ3v) is 1.66. The van der Waals surface area contributed by atoms with Crippen molar-refractivity contribution in [2.45, 2.75) is 13.3 Å². The van der Waals surface area contributed by atoms with Crippen LogP contribution < -0.4 is 0 Å². The van der Waals surface area contributed by atoms with Crippen LogP contribution in [0.3, 0.4) is 0 Å². The van der Waals surface area contributed by atoms with E-state index in [9.17, 15) is 4.79 Å². The summed E-state index contributed by atoms with van der Waals surface area (Å²) in [6.45, 7) is 2.61. The molecule has 0 saturated carbocycles. The molecule has 0 atom stereocenters. The summed E-state index contributed by atoms with van der Waals surface area (Å²) in [5, 5.41) is 0.807. The Morgan fingerprint density at radius 2 is 2.33 bits per heavy atom. The van der Waals surface area contributed by atoms with E-state index in [-0.39, 0.29) is 12.6 Å². The van der Waals surface area contributed by atoms with Crippen LogP contribution in [0.1, 0.15) is 13.3 Å². The van der Waals surface area contributed by atoms with E-state index in [4.69, 9.17) is 4.74 Å². The fourth-order valence-corrected chi connectivity index (χ4v) is 0.903. The number of carbonyl (C=O) groups excluding carboxylic acids is 1. The van der Waals surface area contributed by atoms with Gasteiger partial charge >= 0.3 is 5.97 Å². The van der Waals surface area contributed by atoms with Crippen molar-refractivity contribution in [3.63, 3.8) is 0 Å². The highest BCUT2D eigenvalue weighted by Gasteiger charge is 1.99. The molecule has 0 aromatic heterocycles. The lowest BCUT2D eigenvalue weighted by Gasteiger charge is -2.00. The van der Waals surface area contributed by atoms with Crippen molar-refractivity contribution in [1.82, 2.24) is 0 Å². The normalized spacial score (nSPS) is 9.73. The molecule has 0 radical (unpaired) electrons. The van der Waals surface area contributed by atoms with Crippen LogP contribution in [-0.2, 0) is 14.3 Å². The highest BCUT2D eigenvalue weighted by atomic mass is 79.9. The van der Waals surface area contributed by atoms with Crippen molar-refractivity contribution >= 4 is 21.9 Å². The first-order chi connectivity index (χ1) is 7.31. The monoisotopic (exact) mass is 274 g/mol. The SMILES string of the molecule is CCOC(=O)COCCC#C/C=C/CBr. The summed E-state index contributed by atoms with van der Waals surface area (Å²) in [6.07, 6.45) is 4.30. The van der Waals surface area contributed by atoms with Crippen LogP contribution in [0.2, 0.25) is 0 Å². The first-order valence-corrected chi connectivity index (χ1v) is 5.86. The molecule has 0 bridgehead atoms. The highest BCUT2D eigenvalue weighted by Crippen LogP contribution is 1.85. The molecule has 0 spiro atoms. The summed E-state index contributed by atoms with van der Waals surface area (Å²) in [6, 6.07) is 0. The lowest BCUT2D eigenvalue weighted by Crippen LogP contribution is -2.12. The summed E-state index contributed by atoms with van der Waals surface area (Å²) in [5.74, 6) is 5.40. The molecule has 0 aromatic rings. The van der Waals surface area contributed by atoms with Crippen LogP contribution in [0, 0.1) is 11.8 Å². The van der Waals surface area contributed by atoms with E-state index < -0.39 is 0 Å². The molecule has 0 N–H and O–H groups in total. The minimum Gasteiger partial charge on any atom is -0.464 e. The van der Waals surface area contributed by atoms with Gasteiger partial charge < -0.3 is 9.47 Å². The Labute approximate surface area is 99.0 Å². The average molecular weight is 275 g/mol. The summed E-state index contributed by atoms with van der Waals surface area (Å²) in [4.78, 5) is 10.8. The molecule has 0 amide bonds. The smallest absolute Gasteiger partial charge is 0.332 e. The molecule has 0 unspecified atom stereocenters. The minimum absolute atomic E-state index is 0.00671. The van der Waals surface area contributed by atoms with Gasteiger partial charge in [0.25, 0.3) is 0 Å². The number of ether oxygens (including phenoxy) is 2. The van der Waals surface area contributed by atoms with Gasteiger partial charge in [-0.2, -0.15) is 0 Å². The van der Waals surface area contributed by atoms with Crippen LogP contribution in [0.15, 0.2) is 12.2 Å². The van der Waals surface area contributed by atoms with Crippen LogP contribution in [0.25, 0.3) is 0 Å². The number of alkyl halides is 1. The van der Waals surface area contributed by atoms with Crippen molar-refractivity contribution in [2.75, 3.05) is 25.2 Å². The van der Waals surface area contributed by atoms with Crippen molar-refractivity contribution < 1.29 is 14.3 Å². The molecule has 0 saturated heterocycles. The molecule has 84 valence electrons. The first kappa shape index (κ1) is 14.2. The molecule has 0 aliphatic heterocycles. The number of rotatable bonds is 6. The van der Waals surface area contributed by atoms with Gasteiger partial charge in [-0.05, 0) is 13.0 Å². The molecular formula is C11H15BrO3. The van der Waals surface area contributed by atoms with E-state index >= 15 is 0 Å². The predicted octanol–water partition coefficient (Wildman–Crippen LogP) is 1.91. The second-order valence-electron chi connectivity index (χ2n) is 2.49. The largest absolute Gasteiger partial charge is 0.464 e. The molecule has 0 aliphatic carbocycles. The molecule has 15 heavy (non-hydrogen) atoms. The number of esters is 1. The summed E-state index contributed by atoms with van der Waals surface area (Å²) < 4.78 is 9.73. The third-order valence-electron chi connectivity index (χ3n) is 1.29. The summed E-state index contributed by atoms with van der Waals surface area (Å²) in [7, 11) is 0. The van der Waals surface area contributed by atoms with Gasteiger partial charge in [-0.1, -0.05) is 33.8 Å². The molecule has 4 heteroatoms. The Balaban J connectivity index is 3.34. The fraction of sp³-hybridized carbons (Fsp3) is 0.545. The third kappa shape index (κ3) is 11.1. The van der Waals surface area contributed by atoms with Crippen LogP contribution >= 0.6 is 15.9 Å². The second kappa shape index (κ2) is 11.3. The predicted molar refractivity (Wildman–Crippen MR) is 62.8 cm³/mol. The van der Waals surface area contributed by atoms with Crippen LogP contribution in [0.5, 0.6) is 0 Å². The van der Waals surface area contributed by atoms with Gasteiger partial charge in [0.2, 0.25) is 0 Å². The number of hydrogen-bond acceptors (Lipinski definition) is 3. The van der Waals surface area contributed by atoms with E-state index in [1.165, 1.54) is 0 Å². The first-order valence-electron chi connectivity index (χ1n) is 4.74. The zero-order chi connectivity index (χ0) is 11.4. The topological polar surface area (TPSA) is 35.5 Å². The standard InChI is InChI=1S/C11H15BrO3/c1-2-15-11(13)10-14-9-7-5-3-4-6-8-12/h4,6H,2,7-10H2,1H3/b6-4+. The zero-order valence-corrected chi connectivity index (χ0v) is 10.4. The van der Waals surface area contributed by atoms with Gasteiger partial charge in [0.1, 0.15) is 6.61 Å².